The largest absolute Gasteiger partial charge is 0.388 e. The molecule has 3 N–H and O–H groups in total. The van der Waals surface area contributed by atoms with Gasteiger partial charge in [-0.15, -0.1) is 0 Å². The molecule has 0 fully saturated rings. The molecule has 0 bridgehead atoms. The minimum atomic E-state index is -0.589. The Kier molecular flexibility index (Phi) is 5.05. The zero-order valence-corrected chi connectivity index (χ0v) is 9.45. The predicted octanol–water partition coefficient (Wildman–Crippen LogP) is 1.74. The van der Waals surface area contributed by atoms with E-state index in [-0.39, 0.29) is 6.04 Å². The van der Waals surface area contributed by atoms with Crippen molar-refractivity contribution in [3.8, 4) is 0 Å². The highest BCUT2D eigenvalue weighted by atomic mass is 35.5. The average molecular weight is 230 g/mol. The molecule has 0 aliphatic heterocycles. The van der Waals surface area contributed by atoms with E-state index in [1.165, 1.54) is 0 Å². The maximum atomic E-state index is 9.85. The van der Waals surface area contributed by atoms with Crippen LogP contribution in [-0.4, -0.2) is 24.9 Å². The van der Waals surface area contributed by atoms with E-state index >= 15 is 0 Å². The second-order valence-electron chi connectivity index (χ2n) is 3.52. The lowest BCUT2D eigenvalue weighted by molar-refractivity contribution is 0.122. The van der Waals surface area contributed by atoms with Gasteiger partial charge in [-0.1, -0.05) is 23.7 Å². The quantitative estimate of drug-likeness (QED) is 0.809. The first-order valence-corrected chi connectivity index (χ1v) is 5.19. The molecule has 15 heavy (non-hydrogen) atoms. The van der Waals surface area contributed by atoms with Crippen molar-refractivity contribution in [3.63, 3.8) is 0 Å². The second kappa shape index (κ2) is 6.08. The molecular weight excluding hydrogens is 214 g/mol. The highest BCUT2D eigenvalue weighted by molar-refractivity contribution is 6.30. The number of nitrogens with two attached hydrogens (primary N) is 1. The van der Waals surface area contributed by atoms with Crippen molar-refractivity contribution in [3.05, 3.63) is 34.9 Å². The van der Waals surface area contributed by atoms with Crippen LogP contribution < -0.4 is 5.73 Å². The lowest BCUT2D eigenvalue weighted by Crippen LogP contribution is -2.27. The minimum Gasteiger partial charge on any atom is -0.388 e. The van der Waals surface area contributed by atoms with Gasteiger partial charge in [-0.2, -0.15) is 0 Å². The lowest BCUT2D eigenvalue weighted by atomic mass is 10.0. The maximum Gasteiger partial charge on any atom is 0.0806 e. The van der Waals surface area contributed by atoms with Gasteiger partial charge in [-0.05, 0) is 24.1 Å². The molecule has 84 valence electrons. The number of aliphatic hydroxyl groups excluding tert-OH is 1. The Morgan fingerprint density at radius 3 is 2.87 bits per heavy atom. The Labute approximate surface area is 94.8 Å². The van der Waals surface area contributed by atoms with Gasteiger partial charge in [-0.25, -0.2) is 0 Å². The number of hydrogen-bond acceptors (Lipinski definition) is 3. The lowest BCUT2D eigenvalue weighted by Gasteiger charge is -2.16. The number of aliphatic hydroxyl groups is 1. The molecule has 0 aliphatic carbocycles. The first-order chi connectivity index (χ1) is 7.13. The summed E-state index contributed by atoms with van der Waals surface area (Å²) >= 11 is 5.82. The number of hydrogen-bond donors (Lipinski definition) is 2. The molecule has 1 aromatic rings. The van der Waals surface area contributed by atoms with E-state index in [9.17, 15) is 5.11 Å². The fourth-order valence-electron chi connectivity index (χ4n) is 1.42. The molecule has 4 heteroatoms. The Morgan fingerprint density at radius 1 is 1.53 bits per heavy atom. The van der Waals surface area contributed by atoms with Crippen molar-refractivity contribution >= 4 is 11.6 Å². The third-order valence-corrected chi connectivity index (χ3v) is 2.38. The fourth-order valence-corrected chi connectivity index (χ4v) is 1.62. The molecule has 0 saturated carbocycles. The van der Waals surface area contributed by atoms with E-state index in [0.29, 0.717) is 18.1 Å². The Morgan fingerprint density at radius 2 is 2.27 bits per heavy atom. The molecule has 1 rings (SSSR count). The van der Waals surface area contributed by atoms with Crippen molar-refractivity contribution in [2.75, 3.05) is 13.7 Å². The van der Waals surface area contributed by atoms with Gasteiger partial charge in [0.15, 0.2) is 0 Å². The molecule has 0 heterocycles. The SMILES string of the molecule is COCC(N)CC(O)c1cccc(Cl)c1. The number of benzene rings is 1. The van der Waals surface area contributed by atoms with Gasteiger partial charge < -0.3 is 15.6 Å². The van der Waals surface area contributed by atoms with Gasteiger partial charge >= 0.3 is 0 Å². The molecule has 0 amide bonds. The molecule has 0 aliphatic rings. The van der Waals surface area contributed by atoms with Crippen LogP contribution in [0.4, 0.5) is 0 Å². The number of methoxy groups -OCH3 is 1. The highest BCUT2D eigenvalue weighted by Crippen LogP contribution is 2.20. The molecule has 2 unspecified atom stereocenters. The first kappa shape index (κ1) is 12.5. The summed E-state index contributed by atoms with van der Waals surface area (Å²) in [4.78, 5) is 0. The van der Waals surface area contributed by atoms with Crippen LogP contribution in [0.3, 0.4) is 0 Å². The van der Waals surface area contributed by atoms with Crippen molar-refractivity contribution in [2.45, 2.75) is 18.6 Å². The third kappa shape index (κ3) is 4.18. The number of ether oxygens (including phenoxy) is 1. The molecular formula is C11H16ClNO2. The van der Waals surface area contributed by atoms with Crippen LogP contribution >= 0.6 is 11.6 Å². The van der Waals surface area contributed by atoms with Crippen LogP contribution in [0.15, 0.2) is 24.3 Å². The standard InChI is InChI=1S/C11H16ClNO2/c1-15-7-10(13)6-11(14)8-3-2-4-9(12)5-8/h2-5,10-11,14H,6-7,13H2,1H3. The van der Waals surface area contributed by atoms with E-state index in [1.807, 2.05) is 12.1 Å². The fraction of sp³-hybridized carbons (Fsp3) is 0.455. The number of rotatable bonds is 5. The summed E-state index contributed by atoms with van der Waals surface area (Å²) < 4.78 is 4.90. The van der Waals surface area contributed by atoms with E-state index in [0.717, 1.165) is 5.56 Å². The summed E-state index contributed by atoms with van der Waals surface area (Å²) in [5.74, 6) is 0. The van der Waals surface area contributed by atoms with Gasteiger partial charge in [0.2, 0.25) is 0 Å². The molecule has 0 aromatic heterocycles. The van der Waals surface area contributed by atoms with Crippen LogP contribution in [0, 0.1) is 0 Å². The van der Waals surface area contributed by atoms with Gasteiger partial charge in [0.25, 0.3) is 0 Å². The van der Waals surface area contributed by atoms with Crippen LogP contribution in [0.1, 0.15) is 18.1 Å². The monoisotopic (exact) mass is 229 g/mol. The zero-order valence-electron chi connectivity index (χ0n) is 8.69. The van der Waals surface area contributed by atoms with Crippen LogP contribution in [0.5, 0.6) is 0 Å². The van der Waals surface area contributed by atoms with Crippen LogP contribution in [-0.2, 0) is 4.74 Å². The van der Waals surface area contributed by atoms with Gasteiger partial charge in [0.1, 0.15) is 0 Å². The Hall–Kier alpha value is -0.610. The van der Waals surface area contributed by atoms with E-state index < -0.39 is 6.10 Å². The van der Waals surface area contributed by atoms with Crippen molar-refractivity contribution in [2.24, 2.45) is 5.73 Å². The smallest absolute Gasteiger partial charge is 0.0806 e. The normalized spacial score (nSPS) is 14.9. The Bertz CT molecular complexity index is 306. The van der Waals surface area contributed by atoms with Crippen molar-refractivity contribution < 1.29 is 9.84 Å². The second-order valence-corrected chi connectivity index (χ2v) is 3.96. The number of halogens is 1. The maximum absolute atomic E-state index is 9.85. The van der Waals surface area contributed by atoms with Crippen molar-refractivity contribution in [1.29, 1.82) is 0 Å². The summed E-state index contributed by atoms with van der Waals surface area (Å²) in [7, 11) is 1.59. The van der Waals surface area contributed by atoms with Crippen LogP contribution in [0.2, 0.25) is 5.02 Å². The summed E-state index contributed by atoms with van der Waals surface area (Å²) in [6.07, 6.45) is -0.123. The summed E-state index contributed by atoms with van der Waals surface area (Å²) in [6.45, 7) is 0.442. The molecule has 2 atom stereocenters. The van der Waals surface area contributed by atoms with E-state index in [2.05, 4.69) is 0 Å². The van der Waals surface area contributed by atoms with E-state index in [4.69, 9.17) is 22.1 Å². The Balaban J connectivity index is 2.56. The third-order valence-electron chi connectivity index (χ3n) is 2.14. The molecule has 1 aromatic carbocycles. The first-order valence-electron chi connectivity index (χ1n) is 4.81. The van der Waals surface area contributed by atoms with Gasteiger partial charge in [-0.3, -0.25) is 0 Å². The van der Waals surface area contributed by atoms with Gasteiger partial charge in [0, 0.05) is 18.2 Å². The topological polar surface area (TPSA) is 55.5 Å². The molecule has 0 saturated heterocycles. The minimum absolute atomic E-state index is 0.163. The zero-order chi connectivity index (χ0) is 11.3. The molecule has 0 radical (unpaired) electrons. The summed E-state index contributed by atoms with van der Waals surface area (Å²) in [5, 5.41) is 10.5. The van der Waals surface area contributed by atoms with Crippen molar-refractivity contribution in [1.82, 2.24) is 0 Å². The van der Waals surface area contributed by atoms with Gasteiger partial charge in [0.05, 0.1) is 12.7 Å². The van der Waals surface area contributed by atoms with Crippen LogP contribution in [0.25, 0.3) is 0 Å². The molecule has 3 nitrogen and oxygen atoms in total. The highest BCUT2D eigenvalue weighted by Gasteiger charge is 2.12. The average Bonchev–Trinajstić information content (AvgIpc) is 2.18. The summed E-state index contributed by atoms with van der Waals surface area (Å²) in [6, 6.07) is 6.99. The summed E-state index contributed by atoms with van der Waals surface area (Å²) in [5.41, 5.74) is 6.53. The molecule has 0 spiro atoms. The van der Waals surface area contributed by atoms with E-state index in [1.54, 1.807) is 19.2 Å². The predicted molar refractivity (Wildman–Crippen MR) is 60.9 cm³/mol.